The Morgan fingerprint density at radius 3 is 2.38 bits per heavy atom. The average molecular weight is 533 g/mol. The third-order valence-corrected chi connectivity index (χ3v) is 12.5. The summed E-state index contributed by atoms with van der Waals surface area (Å²) in [5.74, 6) is -3.22. The Morgan fingerprint density at radius 2 is 1.74 bits per heavy atom. The van der Waals surface area contributed by atoms with Crippen LogP contribution in [0.25, 0.3) is 0 Å². The minimum atomic E-state index is -4.26. The molecule has 4 rings (SSSR count). The number of sulfone groups is 2. The van der Waals surface area contributed by atoms with Gasteiger partial charge < -0.3 is 4.74 Å². The van der Waals surface area contributed by atoms with Gasteiger partial charge in [0.1, 0.15) is 10.6 Å². The van der Waals surface area contributed by atoms with Gasteiger partial charge in [-0.3, -0.25) is 0 Å². The number of hydrogen-bond acceptors (Lipinski definition) is 5. The van der Waals surface area contributed by atoms with Crippen molar-refractivity contribution < 1.29 is 30.4 Å². The number of benzene rings is 2. The third kappa shape index (κ3) is 3.93. The molecular formula is C24H27ClF2O5S2. The molecule has 0 radical (unpaired) electrons. The highest BCUT2D eigenvalue weighted by atomic mass is 35.5. The lowest BCUT2D eigenvalue weighted by atomic mass is 9.66. The van der Waals surface area contributed by atoms with E-state index in [9.17, 15) is 21.2 Å². The van der Waals surface area contributed by atoms with E-state index < -0.39 is 47.2 Å². The molecule has 0 saturated heterocycles. The molecule has 10 heteroatoms. The van der Waals surface area contributed by atoms with Crippen molar-refractivity contribution in [1.82, 2.24) is 0 Å². The van der Waals surface area contributed by atoms with Gasteiger partial charge in [0.05, 0.1) is 22.3 Å². The number of halogens is 3. The van der Waals surface area contributed by atoms with E-state index in [0.29, 0.717) is 17.9 Å². The topological polar surface area (TPSA) is 77.5 Å². The van der Waals surface area contributed by atoms with Crippen molar-refractivity contribution in [2.75, 3.05) is 12.4 Å². The second kappa shape index (κ2) is 9.06. The molecule has 1 aliphatic carbocycles. The number of rotatable bonds is 6. The van der Waals surface area contributed by atoms with Gasteiger partial charge in [0.2, 0.25) is 0 Å². The zero-order valence-electron chi connectivity index (χ0n) is 18.9. The minimum absolute atomic E-state index is 0.0288. The second-order valence-corrected chi connectivity index (χ2v) is 14.5. The first-order valence-corrected chi connectivity index (χ1v) is 14.9. The fourth-order valence-electron chi connectivity index (χ4n) is 5.65. The predicted octanol–water partition coefficient (Wildman–Crippen LogP) is 5.31. The van der Waals surface area contributed by atoms with Gasteiger partial charge in [0, 0.05) is 16.7 Å². The molecule has 0 bridgehead atoms. The van der Waals surface area contributed by atoms with E-state index in [0.717, 1.165) is 12.1 Å². The lowest BCUT2D eigenvalue weighted by Crippen LogP contribution is -2.54. The lowest BCUT2D eigenvalue weighted by Gasteiger charge is -2.50. The van der Waals surface area contributed by atoms with Gasteiger partial charge in [-0.25, -0.2) is 25.6 Å². The van der Waals surface area contributed by atoms with Crippen LogP contribution in [-0.2, 0) is 24.4 Å². The van der Waals surface area contributed by atoms with Crippen LogP contribution in [0.5, 0.6) is 5.75 Å². The van der Waals surface area contributed by atoms with Crippen LogP contribution < -0.4 is 4.74 Å². The maximum absolute atomic E-state index is 15.4. The number of ether oxygens (including phenoxy) is 1. The first kappa shape index (κ1) is 25.4. The summed E-state index contributed by atoms with van der Waals surface area (Å²) in [5, 5.41) is -0.354. The molecule has 2 unspecified atom stereocenters. The molecule has 2 aliphatic rings. The predicted molar refractivity (Wildman–Crippen MR) is 127 cm³/mol. The maximum atomic E-state index is 15.4. The van der Waals surface area contributed by atoms with Crippen LogP contribution in [-0.4, -0.2) is 34.4 Å². The maximum Gasteiger partial charge on any atom is 0.188 e. The van der Waals surface area contributed by atoms with Crippen molar-refractivity contribution in [1.29, 1.82) is 0 Å². The van der Waals surface area contributed by atoms with E-state index >= 15 is 4.39 Å². The zero-order valence-corrected chi connectivity index (χ0v) is 21.3. The molecule has 34 heavy (non-hydrogen) atoms. The molecule has 1 aliphatic heterocycles. The van der Waals surface area contributed by atoms with Crippen molar-refractivity contribution in [3.8, 4) is 5.75 Å². The first-order chi connectivity index (χ1) is 16.0. The summed E-state index contributed by atoms with van der Waals surface area (Å²) >= 11 is 5.97. The van der Waals surface area contributed by atoms with Crippen molar-refractivity contribution in [3.63, 3.8) is 0 Å². The minimum Gasteiger partial charge on any atom is -0.490 e. The highest BCUT2D eigenvalue weighted by Crippen LogP contribution is 2.58. The van der Waals surface area contributed by atoms with Gasteiger partial charge in [-0.15, -0.1) is 0 Å². The van der Waals surface area contributed by atoms with Gasteiger partial charge in [-0.1, -0.05) is 24.9 Å². The van der Waals surface area contributed by atoms with Crippen LogP contribution in [0.1, 0.15) is 45.1 Å². The van der Waals surface area contributed by atoms with Crippen molar-refractivity contribution in [2.24, 2.45) is 11.8 Å². The average Bonchev–Trinajstić information content (AvgIpc) is 2.81. The highest BCUT2D eigenvalue weighted by Gasteiger charge is 2.61. The largest absolute Gasteiger partial charge is 0.490 e. The molecular weight excluding hydrogens is 506 g/mol. The molecule has 0 aromatic heterocycles. The molecule has 0 spiro atoms. The van der Waals surface area contributed by atoms with Crippen molar-refractivity contribution in [2.45, 2.75) is 54.4 Å². The van der Waals surface area contributed by atoms with Gasteiger partial charge in [-0.2, -0.15) is 0 Å². The van der Waals surface area contributed by atoms with Crippen LogP contribution in [0.3, 0.4) is 0 Å². The number of hydrogen-bond donors (Lipinski definition) is 0. The summed E-state index contributed by atoms with van der Waals surface area (Å²) in [6, 6.07) is 7.46. The third-order valence-electron chi connectivity index (χ3n) is 7.43. The van der Waals surface area contributed by atoms with Crippen LogP contribution in [0.2, 0.25) is 5.02 Å². The first-order valence-electron chi connectivity index (χ1n) is 11.3. The highest BCUT2D eigenvalue weighted by molar-refractivity contribution is 7.92. The molecule has 186 valence electrons. The molecule has 0 amide bonds. The van der Waals surface area contributed by atoms with Crippen LogP contribution in [0.15, 0.2) is 41.3 Å². The van der Waals surface area contributed by atoms with Crippen LogP contribution in [0.4, 0.5) is 8.78 Å². The van der Waals surface area contributed by atoms with Gasteiger partial charge in [0.15, 0.2) is 31.2 Å². The van der Waals surface area contributed by atoms with Crippen molar-refractivity contribution in [3.05, 3.63) is 58.6 Å². The van der Waals surface area contributed by atoms with Gasteiger partial charge >= 0.3 is 0 Å². The smallest absolute Gasteiger partial charge is 0.188 e. The summed E-state index contributed by atoms with van der Waals surface area (Å²) in [4.78, 5) is -0.0479. The Balaban J connectivity index is 1.93. The van der Waals surface area contributed by atoms with E-state index in [1.807, 2.05) is 0 Å². The van der Waals surface area contributed by atoms with Gasteiger partial charge in [-0.05, 0) is 68.5 Å². The fourth-order valence-corrected chi connectivity index (χ4v) is 9.33. The SMILES string of the molecule is CCS(=O)(=O)C(C)C[C@@H]1CCC[C@@]2(S(=O)(=O)c3ccc(Cl)cc3)c3c(F)ccc(F)c3OCC12. The zero-order chi connectivity index (χ0) is 24.9. The van der Waals surface area contributed by atoms with Crippen LogP contribution >= 0.6 is 11.6 Å². The summed E-state index contributed by atoms with van der Waals surface area (Å²) in [6.07, 6.45) is 1.28. The molecule has 1 saturated carbocycles. The van der Waals surface area contributed by atoms with E-state index in [1.165, 1.54) is 24.3 Å². The van der Waals surface area contributed by atoms with Crippen LogP contribution in [0, 0.1) is 23.5 Å². The van der Waals surface area contributed by atoms with E-state index in [4.69, 9.17) is 16.3 Å². The molecule has 2 aromatic carbocycles. The lowest BCUT2D eigenvalue weighted by molar-refractivity contribution is 0.0709. The summed E-state index contributed by atoms with van der Waals surface area (Å²) in [5.41, 5.74) is -0.297. The Bertz CT molecular complexity index is 1300. The van der Waals surface area contributed by atoms with E-state index in [2.05, 4.69) is 0 Å². The second-order valence-electron chi connectivity index (χ2n) is 9.15. The van der Waals surface area contributed by atoms with Crippen molar-refractivity contribution >= 4 is 31.3 Å². The molecule has 2 aromatic rings. The molecule has 5 nitrogen and oxygen atoms in total. The summed E-state index contributed by atoms with van der Waals surface area (Å²) in [6.45, 7) is 3.03. The Hall–Kier alpha value is -1.71. The number of fused-ring (bicyclic) bond motifs is 3. The standard InChI is InChI=1S/C24H27ClF2O5S2/c1-3-33(28,29)15(2)13-16-5-4-12-24(34(30,31)18-8-6-17(25)7-9-18)19(16)14-32-23-21(27)11-10-20(26)22(23)24/h6-11,15-16,19H,3-5,12-14H2,1-2H3/t15?,16-,19?,24-/m0/s1. The quantitative estimate of drug-likeness (QED) is 0.504. The van der Waals surface area contributed by atoms with Gasteiger partial charge in [0.25, 0.3) is 0 Å². The fraction of sp³-hybridized carbons (Fsp3) is 0.500. The van der Waals surface area contributed by atoms with E-state index in [1.54, 1.807) is 13.8 Å². The Kier molecular flexibility index (Phi) is 6.76. The Labute approximate surface area is 204 Å². The molecule has 1 heterocycles. The monoisotopic (exact) mass is 532 g/mol. The molecule has 1 fully saturated rings. The summed E-state index contributed by atoms with van der Waals surface area (Å²) in [7, 11) is -7.62. The molecule has 0 N–H and O–H groups in total. The van der Waals surface area contributed by atoms with E-state index in [-0.39, 0.29) is 47.3 Å². The normalized spacial score (nSPS) is 25.7. The summed E-state index contributed by atoms with van der Waals surface area (Å²) < 4.78 is 87.5. The molecule has 4 atom stereocenters. The Morgan fingerprint density at radius 1 is 1.09 bits per heavy atom.